The van der Waals surface area contributed by atoms with Crippen LogP contribution >= 0.6 is 11.3 Å². The van der Waals surface area contributed by atoms with E-state index in [0.29, 0.717) is 22.9 Å². The van der Waals surface area contributed by atoms with E-state index >= 15 is 0 Å². The molecule has 0 saturated carbocycles. The van der Waals surface area contributed by atoms with Crippen molar-refractivity contribution in [3.63, 3.8) is 0 Å². The predicted molar refractivity (Wildman–Crippen MR) is 132 cm³/mol. The largest absolute Gasteiger partial charge is 0.497 e. The number of aromatic nitrogens is 1. The van der Waals surface area contributed by atoms with Crippen LogP contribution in [-0.4, -0.2) is 37.1 Å². The lowest BCUT2D eigenvalue weighted by Crippen LogP contribution is -2.43. The van der Waals surface area contributed by atoms with Crippen molar-refractivity contribution < 1.29 is 19.1 Å². The maximum Gasteiger partial charge on any atom is 0.265 e. The molecule has 1 aromatic heterocycles. The molecule has 0 aliphatic carbocycles. The second-order valence-corrected chi connectivity index (χ2v) is 8.49. The summed E-state index contributed by atoms with van der Waals surface area (Å²) in [5.74, 6) is 0.661. The van der Waals surface area contributed by atoms with Gasteiger partial charge in [-0.05, 0) is 42.5 Å². The number of hydrogen-bond donors (Lipinski definition) is 1. The molecule has 2 heterocycles. The van der Waals surface area contributed by atoms with Crippen LogP contribution in [0.3, 0.4) is 0 Å². The van der Waals surface area contributed by atoms with Crippen molar-refractivity contribution in [3.05, 3.63) is 78.2 Å². The molecule has 4 aromatic rings. The van der Waals surface area contributed by atoms with Crippen LogP contribution in [0.25, 0.3) is 21.8 Å². The Morgan fingerprint density at radius 3 is 2.65 bits per heavy atom. The number of thiazole rings is 1. The zero-order chi connectivity index (χ0) is 23.5. The van der Waals surface area contributed by atoms with Crippen LogP contribution in [-0.2, 0) is 9.59 Å². The van der Waals surface area contributed by atoms with Gasteiger partial charge in [-0.15, -0.1) is 11.3 Å². The number of methoxy groups -OCH3 is 1. The molecule has 1 N–H and O–H groups in total. The van der Waals surface area contributed by atoms with E-state index in [4.69, 9.17) is 14.5 Å². The highest BCUT2D eigenvalue weighted by Crippen LogP contribution is 2.37. The lowest BCUT2D eigenvalue weighted by Gasteiger charge is -2.29. The van der Waals surface area contributed by atoms with Crippen molar-refractivity contribution in [2.75, 3.05) is 30.5 Å². The van der Waals surface area contributed by atoms with Gasteiger partial charge >= 0.3 is 0 Å². The van der Waals surface area contributed by atoms with Gasteiger partial charge in [0.05, 0.1) is 18.5 Å². The number of nitrogens with zero attached hydrogens (tertiary/aromatic N) is 2. The summed E-state index contributed by atoms with van der Waals surface area (Å²) in [6.07, 6.45) is 0. The Morgan fingerprint density at radius 1 is 1.09 bits per heavy atom. The smallest absolute Gasteiger partial charge is 0.265 e. The van der Waals surface area contributed by atoms with Gasteiger partial charge in [0.1, 0.15) is 23.1 Å². The Labute approximate surface area is 200 Å². The fourth-order valence-electron chi connectivity index (χ4n) is 3.67. The molecule has 0 unspecified atom stereocenters. The van der Waals surface area contributed by atoms with Gasteiger partial charge in [-0.3, -0.25) is 14.5 Å². The highest BCUT2D eigenvalue weighted by molar-refractivity contribution is 7.13. The summed E-state index contributed by atoms with van der Waals surface area (Å²) < 4.78 is 10.7. The Kier molecular flexibility index (Phi) is 5.97. The highest BCUT2D eigenvalue weighted by atomic mass is 32.1. The molecule has 0 radical (unpaired) electrons. The Morgan fingerprint density at radius 2 is 1.88 bits per heavy atom. The number of rotatable bonds is 6. The topological polar surface area (TPSA) is 80.8 Å². The predicted octanol–water partition coefficient (Wildman–Crippen LogP) is 4.85. The minimum atomic E-state index is -0.309. The summed E-state index contributed by atoms with van der Waals surface area (Å²) in [6, 6.07) is 22.5. The van der Waals surface area contributed by atoms with Crippen molar-refractivity contribution in [2.24, 2.45) is 0 Å². The molecule has 0 bridgehead atoms. The molecule has 5 rings (SSSR count). The number of nitrogens with one attached hydrogen (secondary N) is 1. The van der Waals surface area contributed by atoms with Crippen LogP contribution in [0.4, 0.5) is 11.4 Å². The van der Waals surface area contributed by atoms with E-state index in [1.807, 2.05) is 53.9 Å². The average molecular weight is 472 g/mol. The fraction of sp³-hybridized carbons (Fsp3) is 0.115. The normalized spacial score (nSPS) is 12.6. The average Bonchev–Trinajstić information content (AvgIpc) is 3.37. The second kappa shape index (κ2) is 9.36. The van der Waals surface area contributed by atoms with E-state index < -0.39 is 0 Å². The molecule has 0 saturated heterocycles. The maximum atomic E-state index is 12.7. The zero-order valence-electron chi connectivity index (χ0n) is 18.4. The van der Waals surface area contributed by atoms with Crippen LogP contribution < -0.4 is 19.7 Å². The Bertz CT molecular complexity index is 1340. The summed E-state index contributed by atoms with van der Waals surface area (Å²) in [7, 11) is 1.58. The van der Waals surface area contributed by atoms with E-state index in [9.17, 15) is 9.59 Å². The van der Waals surface area contributed by atoms with Crippen molar-refractivity contribution in [1.82, 2.24) is 4.98 Å². The standard InChI is InChI=1S/C26H21N3O4S/c1-32-20-10-8-19(9-11-20)27-24(30)14-29-22-13-18(7-12-23(22)33-15-25(29)31)21-16-34-26(28-21)17-5-3-2-4-6-17/h2-13,16H,14-15H2,1H3,(H,27,30). The second-order valence-electron chi connectivity index (χ2n) is 7.63. The van der Waals surface area contributed by atoms with Crippen molar-refractivity contribution in [1.29, 1.82) is 0 Å². The minimum Gasteiger partial charge on any atom is -0.497 e. The first kappa shape index (κ1) is 21.7. The highest BCUT2D eigenvalue weighted by Gasteiger charge is 2.28. The van der Waals surface area contributed by atoms with E-state index in [2.05, 4.69) is 5.32 Å². The number of fused-ring (bicyclic) bond motifs is 1. The third-order valence-electron chi connectivity index (χ3n) is 5.40. The first-order chi connectivity index (χ1) is 16.6. The van der Waals surface area contributed by atoms with Crippen molar-refractivity contribution in [2.45, 2.75) is 0 Å². The van der Waals surface area contributed by atoms with Gasteiger partial charge in [-0.2, -0.15) is 0 Å². The molecule has 1 aliphatic rings. The number of amides is 2. The van der Waals surface area contributed by atoms with Gasteiger partial charge in [0.2, 0.25) is 5.91 Å². The molecule has 8 heteroatoms. The molecular weight excluding hydrogens is 450 g/mol. The molecule has 3 aromatic carbocycles. The molecule has 34 heavy (non-hydrogen) atoms. The van der Waals surface area contributed by atoms with Gasteiger partial charge in [-0.25, -0.2) is 4.98 Å². The third-order valence-corrected chi connectivity index (χ3v) is 6.29. The van der Waals surface area contributed by atoms with E-state index in [1.165, 1.54) is 4.90 Å². The first-order valence-electron chi connectivity index (χ1n) is 10.6. The van der Waals surface area contributed by atoms with Crippen LogP contribution in [0.1, 0.15) is 0 Å². The van der Waals surface area contributed by atoms with Gasteiger partial charge in [0.15, 0.2) is 6.61 Å². The Balaban J connectivity index is 1.38. The number of carbonyl (C=O) groups excluding carboxylic acids is 2. The summed E-state index contributed by atoms with van der Waals surface area (Å²) in [5, 5.41) is 5.72. The summed E-state index contributed by atoms with van der Waals surface area (Å²) >= 11 is 1.55. The van der Waals surface area contributed by atoms with Crippen molar-refractivity contribution in [3.8, 4) is 33.3 Å². The van der Waals surface area contributed by atoms with E-state index in [-0.39, 0.29) is 25.0 Å². The number of hydrogen-bond acceptors (Lipinski definition) is 6. The summed E-state index contributed by atoms with van der Waals surface area (Å²) in [6.45, 7) is -0.242. The zero-order valence-corrected chi connectivity index (χ0v) is 19.2. The minimum absolute atomic E-state index is 0.114. The number of anilines is 2. The van der Waals surface area contributed by atoms with Crippen LogP contribution in [0.15, 0.2) is 78.2 Å². The molecule has 170 valence electrons. The third kappa shape index (κ3) is 4.49. The van der Waals surface area contributed by atoms with Gasteiger partial charge in [-0.1, -0.05) is 30.3 Å². The lowest BCUT2D eigenvalue weighted by molar-refractivity contribution is -0.123. The maximum absolute atomic E-state index is 12.7. The molecule has 2 amide bonds. The molecule has 0 fully saturated rings. The first-order valence-corrected chi connectivity index (χ1v) is 11.5. The molecular formula is C26H21N3O4S. The molecule has 7 nitrogen and oxygen atoms in total. The van der Waals surface area contributed by atoms with Crippen molar-refractivity contribution >= 4 is 34.5 Å². The molecule has 0 spiro atoms. The lowest BCUT2D eigenvalue weighted by atomic mass is 10.1. The number of carbonyl (C=O) groups is 2. The van der Waals surface area contributed by atoms with Crippen LogP contribution in [0, 0.1) is 0 Å². The molecule has 1 aliphatic heterocycles. The van der Waals surface area contributed by atoms with Crippen LogP contribution in [0.2, 0.25) is 0 Å². The number of benzene rings is 3. The van der Waals surface area contributed by atoms with Gasteiger partial charge in [0.25, 0.3) is 5.91 Å². The summed E-state index contributed by atoms with van der Waals surface area (Å²) in [4.78, 5) is 31.6. The van der Waals surface area contributed by atoms with Crippen LogP contribution in [0.5, 0.6) is 11.5 Å². The summed E-state index contributed by atoms with van der Waals surface area (Å²) in [5.41, 5.74) is 3.86. The van der Waals surface area contributed by atoms with E-state index in [1.54, 1.807) is 42.7 Å². The fourth-order valence-corrected chi connectivity index (χ4v) is 4.51. The SMILES string of the molecule is COc1ccc(NC(=O)CN2C(=O)COc3ccc(-c4csc(-c5ccccc5)n4)cc32)cc1. The Hall–Kier alpha value is -4.17. The number of ether oxygens (including phenoxy) is 2. The van der Waals surface area contributed by atoms with Gasteiger partial charge in [0, 0.05) is 22.2 Å². The molecule has 0 atom stereocenters. The van der Waals surface area contributed by atoms with Gasteiger partial charge < -0.3 is 14.8 Å². The van der Waals surface area contributed by atoms with E-state index in [0.717, 1.165) is 21.8 Å². The quantitative estimate of drug-likeness (QED) is 0.435. The monoisotopic (exact) mass is 471 g/mol.